The van der Waals surface area contributed by atoms with Gasteiger partial charge >= 0.3 is 24.1 Å². The predicted octanol–water partition coefficient (Wildman–Crippen LogP) is 8.18. The molecule has 2 heterocycles. The lowest BCUT2D eigenvalue weighted by Crippen LogP contribution is -2.34. The summed E-state index contributed by atoms with van der Waals surface area (Å²) < 4.78 is 59.6. The third kappa shape index (κ3) is 6.76. The quantitative estimate of drug-likeness (QED) is 0.209. The molecule has 0 aromatic heterocycles. The van der Waals surface area contributed by atoms with Crippen LogP contribution in [0.4, 0.5) is 29.7 Å². The second-order valence-electron chi connectivity index (χ2n) is 14.3. The third-order valence-corrected chi connectivity index (χ3v) is 6.89. The van der Waals surface area contributed by atoms with Gasteiger partial charge in [0.1, 0.15) is 39.9 Å². The van der Waals surface area contributed by atoms with Crippen molar-refractivity contribution in [2.24, 2.45) is 0 Å². The van der Waals surface area contributed by atoms with E-state index >= 15 is 8.78 Å². The molecule has 0 unspecified atom stereocenters. The Balaban J connectivity index is 1.68. The molecule has 0 saturated heterocycles. The van der Waals surface area contributed by atoms with Crippen molar-refractivity contribution in [2.45, 2.75) is 84.7 Å². The number of halogens is 2. The maximum Gasteiger partial charge on any atom is 0.412 e. The Morgan fingerprint density at radius 3 is 1.56 bits per heavy atom. The Hall–Kier alpha value is -5.20. The molecule has 0 saturated carbocycles. The summed E-state index contributed by atoms with van der Waals surface area (Å²) in [5.74, 6) is -3.60. The summed E-state index contributed by atoms with van der Waals surface area (Å²) in [5.41, 5.74) is -5.10. The highest BCUT2D eigenvalue weighted by Crippen LogP contribution is 2.57. The van der Waals surface area contributed by atoms with Gasteiger partial charge in [-0.05, 0) is 86.6 Å². The summed E-state index contributed by atoms with van der Waals surface area (Å²) in [6, 6.07) is 8.48. The molecule has 2 aliphatic heterocycles. The molecule has 0 aliphatic carbocycles. The van der Waals surface area contributed by atoms with Crippen LogP contribution in [0.1, 0.15) is 99.7 Å². The van der Waals surface area contributed by atoms with Crippen molar-refractivity contribution in [1.82, 2.24) is 0 Å². The highest BCUT2D eigenvalue weighted by Gasteiger charge is 2.54. The lowest BCUT2D eigenvalue weighted by molar-refractivity contribution is 0.00686. The lowest BCUT2D eigenvalue weighted by atomic mass is 9.77. The van der Waals surface area contributed by atoms with Crippen LogP contribution in [0.2, 0.25) is 0 Å². The minimum atomic E-state index is -1.97. The molecule has 5 rings (SSSR count). The predicted molar refractivity (Wildman–Crippen MR) is 169 cm³/mol. The Labute approximate surface area is 275 Å². The summed E-state index contributed by atoms with van der Waals surface area (Å²) in [7, 11) is 0. The fraction of sp³-hybridized carbons (Fsp3) is 0.371. The first kappa shape index (κ1) is 34.1. The molecule has 0 bridgehead atoms. The Morgan fingerprint density at radius 1 is 0.667 bits per heavy atom. The van der Waals surface area contributed by atoms with Crippen LogP contribution in [-0.2, 0) is 24.5 Å². The first-order valence-electron chi connectivity index (χ1n) is 15.0. The summed E-state index contributed by atoms with van der Waals surface area (Å²) in [5, 5.41) is 4.69. The molecule has 0 radical (unpaired) electrons. The number of nitrogens with one attached hydrogen (secondary N) is 2. The van der Waals surface area contributed by atoms with E-state index in [0.29, 0.717) is 0 Å². The normalized spacial score (nSPS) is 14.5. The van der Waals surface area contributed by atoms with Gasteiger partial charge in [0.25, 0.3) is 0 Å². The Bertz CT molecular complexity index is 1780. The maximum atomic E-state index is 15.7. The molecule has 254 valence electrons. The molecule has 2 N–H and O–H groups in total. The number of hydrogen-bond donors (Lipinski definition) is 2. The summed E-state index contributed by atoms with van der Waals surface area (Å²) in [6.45, 7) is 14.9. The zero-order valence-corrected chi connectivity index (χ0v) is 28.0. The highest BCUT2D eigenvalue weighted by atomic mass is 19.1. The van der Waals surface area contributed by atoms with Crippen LogP contribution in [-0.4, -0.2) is 40.9 Å². The minimum Gasteiger partial charge on any atom is -0.456 e. The van der Waals surface area contributed by atoms with E-state index in [-0.39, 0.29) is 50.7 Å². The van der Waals surface area contributed by atoms with Crippen LogP contribution in [0.3, 0.4) is 0 Å². The van der Waals surface area contributed by atoms with Crippen molar-refractivity contribution in [3.63, 3.8) is 0 Å². The first-order chi connectivity index (χ1) is 22.1. The van der Waals surface area contributed by atoms with Gasteiger partial charge < -0.3 is 23.7 Å². The van der Waals surface area contributed by atoms with Gasteiger partial charge in [-0.2, -0.15) is 0 Å². The van der Waals surface area contributed by atoms with Crippen LogP contribution < -0.4 is 15.4 Å². The molecular formula is C35H36F2N2O9. The third-order valence-electron chi connectivity index (χ3n) is 6.89. The molecule has 1 spiro atoms. The zero-order chi connectivity index (χ0) is 35.6. The smallest absolute Gasteiger partial charge is 0.412 e. The number of amides is 2. The van der Waals surface area contributed by atoms with Gasteiger partial charge in [0, 0.05) is 17.7 Å². The Morgan fingerprint density at radius 2 is 1.12 bits per heavy atom. The van der Waals surface area contributed by atoms with Gasteiger partial charge in [-0.1, -0.05) is 6.07 Å². The molecule has 3 aromatic carbocycles. The van der Waals surface area contributed by atoms with Crippen LogP contribution in [0, 0.1) is 11.6 Å². The topological polar surface area (TPSA) is 138 Å². The second-order valence-corrected chi connectivity index (χ2v) is 14.3. The van der Waals surface area contributed by atoms with E-state index in [9.17, 15) is 19.2 Å². The van der Waals surface area contributed by atoms with Gasteiger partial charge in [-0.3, -0.25) is 10.6 Å². The number of carbonyl (C=O) groups excluding carboxylic acids is 4. The molecule has 2 aliphatic rings. The monoisotopic (exact) mass is 666 g/mol. The average Bonchev–Trinajstić information content (AvgIpc) is 3.20. The molecule has 2 amide bonds. The van der Waals surface area contributed by atoms with Crippen LogP contribution >= 0.6 is 0 Å². The number of rotatable bonds is 3. The van der Waals surface area contributed by atoms with Crippen LogP contribution in [0.15, 0.2) is 42.5 Å². The van der Waals surface area contributed by atoms with Crippen LogP contribution in [0.5, 0.6) is 11.5 Å². The molecule has 11 nitrogen and oxygen atoms in total. The summed E-state index contributed by atoms with van der Waals surface area (Å²) in [4.78, 5) is 51.4. The van der Waals surface area contributed by atoms with Gasteiger partial charge in [0.2, 0.25) is 0 Å². The van der Waals surface area contributed by atoms with Crippen molar-refractivity contribution in [3.05, 3.63) is 81.9 Å². The molecule has 48 heavy (non-hydrogen) atoms. The van der Waals surface area contributed by atoms with E-state index in [1.165, 1.54) is 30.3 Å². The molecule has 13 heteroatoms. The molecular weight excluding hydrogens is 630 g/mol. The average molecular weight is 667 g/mol. The van der Waals surface area contributed by atoms with E-state index in [2.05, 4.69) is 10.6 Å². The van der Waals surface area contributed by atoms with Gasteiger partial charge in [-0.25, -0.2) is 28.0 Å². The van der Waals surface area contributed by atoms with E-state index in [0.717, 1.165) is 12.1 Å². The number of esters is 2. The molecule has 3 aromatic rings. The van der Waals surface area contributed by atoms with Crippen molar-refractivity contribution in [1.29, 1.82) is 0 Å². The number of carbonyl (C=O) groups is 4. The standard InChI is InChI=1S/C35H36F2N2O9/c1-32(2,3)45-28(40)17-10-11-19-18(12-17)29(41)46-35(19)20-13-22(36)24(38-30(42)47-33(4,5)6)15-26(20)44-27-16-25(23(37)14-21(27)35)39-31(43)48-34(7,8)9/h10-16H,1-9H3,(H,38,42)(H,39,43). The lowest BCUT2D eigenvalue weighted by Gasteiger charge is -2.37. The summed E-state index contributed by atoms with van der Waals surface area (Å²) in [6.07, 6.45) is -1.88. The number of benzene rings is 3. The van der Waals surface area contributed by atoms with E-state index in [4.69, 9.17) is 23.7 Å². The number of anilines is 2. The van der Waals surface area contributed by atoms with Crippen molar-refractivity contribution < 1.29 is 51.6 Å². The van der Waals surface area contributed by atoms with Gasteiger partial charge in [0.15, 0.2) is 5.60 Å². The fourth-order valence-corrected chi connectivity index (χ4v) is 5.24. The zero-order valence-electron chi connectivity index (χ0n) is 28.0. The SMILES string of the molecule is CC(C)(C)OC(=O)Nc1cc2c(cc1F)C1(OC(=O)c3cc(C(=O)OC(C)(C)C)ccc31)c1cc(F)c(NC(=O)OC(C)(C)C)cc1O2. The number of hydrogen-bond acceptors (Lipinski definition) is 9. The van der Waals surface area contributed by atoms with E-state index < -0.39 is 58.2 Å². The first-order valence-corrected chi connectivity index (χ1v) is 15.0. The molecule has 0 atom stereocenters. The largest absolute Gasteiger partial charge is 0.456 e. The Kier molecular flexibility index (Phi) is 8.18. The second kappa shape index (κ2) is 11.5. The van der Waals surface area contributed by atoms with Crippen molar-refractivity contribution in [3.8, 4) is 11.5 Å². The van der Waals surface area contributed by atoms with Gasteiger partial charge in [-0.15, -0.1) is 0 Å². The fourth-order valence-electron chi connectivity index (χ4n) is 5.24. The van der Waals surface area contributed by atoms with E-state index in [1.54, 1.807) is 62.3 Å². The van der Waals surface area contributed by atoms with Gasteiger partial charge in [0.05, 0.1) is 33.6 Å². The van der Waals surface area contributed by atoms with Crippen molar-refractivity contribution >= 4 is 35.5 Å². The minimum absolute atomic E-state index is 0.0355. The van der Waals surface area contributed by atoms with Crippen LogP contribution in [0.25, 0.3) is 0 Å². The molecule has 0 fully saturated rings. The maximum absolute atomic E-state index is 15.7. The van der Waals surface area contributed by atoms with E-state index in [1.807, 2.05) is 0 Å². The number of fused-ring (bicyclic) bond motifs is 6. The number of ether oxygens (including phenoxy) is 5. The highest BCUT2D eigenvalue weighted by molar-refractivity contribution is 6.00. The van der Waals surface area contributed by atoms with Crippen molar-refractivity contribution in [2.75, 3.05) is 10.6 Å². The summed E-state index contributed by atoms with van der Waals surface area (Å²) >= 11 is 0.